The standard InChI is InChI=1S/C23H24N2O4S/c1-4-29-20-9-11-21(12-10-20)30(27,28)25-19-7-5-6-18(15-19)23(26)24-22-13-8-16(2)14-17(22)3/h5-15,25H,4H2,1-3H3,(H,24,26). The fourth-order valence-electron chi connectivity index (χ4n) is 2.97. The topological polar surface area (TPSA) is 84.5 Å². The smallest absolute Gasteiger partial charge is 0.261 e. The van der Waals surface area contributed by atoms with E-state index in [0.717, 1.165) is 11.1 Å². The van der Waals surface area contributed by atoms with Crippen LogP contribution in [-0.4, -0.2) is 20.9 Å². The molecule has 0 unspecified atom stereocenters. The Hall–Kier alpha value is -3.32. The van der Waals surface area contributed by atoms with Crippen molar-refractivity contribution in [2.24, 2.45) is 0 Å². The molecule has 6 nitrogen and oxygen atoms in total. The molecule has 0 aromatic heterocycles. The van der Waals surface area contributed by atoms with Crippen LogP contribution >= 0.6 is 0 Å². The number of nitrogens with one attached hydrogen (secondary N) is 2. The van der Waals surface area contributed by atoms with E-state index in [1.165, 1.54) is 18.2 Å². The van der Waals surface area contributed by atoms with E-state index in [-0.39, 0.29) is 10.8 Å². The van der Waals surface area contributed by atoms with Gasteiger partial charge in [0.1, 0.15) is 5.75 Å². The second kappa shape index (κ2) is 9.00. The zero-order valence-electron chi connectivity index (χ0n) is 17.1. The number of ether oxygens (including phenoxy) is 1. The first-order valence-corrected chi connectivity index (χ1v) is 11.0. The lowest BCUT2D eigenvalue weighted by molar-refractivity contribution is 0.102. The van der Waals surface area contributed by atoms with Gasteiger partial charge in [-0.2, -0.15) is 0 Å². The minimum Gasteiger partial charge on any atom is -0.494 e. The largest absolute Gasteiger partial charge is 0.494 e. The number of amides is 1. The summed E-state index contributed by atoms with van der Waals surface area (Å²) in [6, 6.07) is 18.3. The van der Waals surface area contributed by atoms with E-state index in [0.29, 0.717) is 29.3 Å². The second-order valence-corrected chi connectivity index (χ2v) is 8.55. The first kappa shape index (κ1) is 21.4. The van der Waals surface area contributed by atoms with Gasteiger partial charge in [0.05, 0.1) is 11.5 Å². The van der Waals surface area contributed by atoms with Gasteiger partial charge < -0.3 is 10.1 Å². The molecule has 2 N–H and O–H groups in total. The summed E-state index contributed by atoms with van der Waals surface area (Å²) in [4.78, 5) is 12.7. The van der Waals surface area contributed by atoms with Crippen molar-refractivity contribution in [1.29, 1.82) is 0 Å². The summed E-state index contributed by atoms with van der Waals surface area (Å²) in [5.41, 5.74) is 3.43. The lowest BCUT2D eigenvalue weighted by atomic mass is 10.1. The normalized spacial score (nSPS) is 11.0. The van der Waals surface area contributed by atoms with Gasteiger partial charge in [0.2, 0.25) is 0 Å². The molecule has 0 bridgehead atoms. The lowest BCUT2D eigenvalue weighted by Gasteiger charge is -2.12. The van der Waals surface area contributed by atoms with Crippen molar-refractivity contribution in [3.63, 3.8) is 0 Å². The lowest BCUT2D eigenvalue weighted by Crippen LogP contribution is -2.15. The SMILES string of the molecule is CCOc1ccc(S(=O)(=O)Nc2cccc(C(=O)Nc3ccc(C)cc3C)c2)cc1. The van der Waals surface area contributed by atoms with Crippen LogP contribution in [0.4, 0.5) is 11.4 Å². The van der Waals surface area contributed by atoms with Crippen molar-refractivity contribution in [2.75, 3.05) is 16.6 Å². The van der Waals surface area contributed by atoms with Crippen LogP contribution in [0.25, 0.3) is 0 Å². The maximum Gasteiger partial charge on any atom is 0.261 e. The average Bonchev–Trinajstić information content (AvgIpc) is 2.70. The second-order valence-electron chi connectivity index (χ2n) is 6.86. The summed E-state index contributed by atoms with van der Waals surface area (Å²) < 4.78 is 33.2. The molecule has 0 saturated carbocycles. The number of hydrogen-bond donors (Lipinski definition) is 2. The van der Waals surface area contributed by atoms with Crippen molar-refractivity contribution >= 4 is 27.3 Å². The van der Waals surface area contributed by atoms with Gasteiger partial charge in [-0.1, -0.05) is 23.8 Å². The Balaban J connectivity index is 1.76. The Bertz CT molecular complexity index is 1160. The van der Waals surface area contributed by atoms with Crippen molar-refractivity contribution in [3.05, 3.63) is 83.4 Å². The van der Waals surface area contributed by atoms with Crippen LogP contribution in [0.15, 0.2) is 71.6 Å². The molecule has 156 valence electrons. The molecule has 7 heteroatoms. The van der Waals surface area contributed by atoms with Crippen LogP contribution in [-0.2, 0) is 10.0 Å². The van der Waals surface area contributed by atoms with E-state index in [1.807, 2.05) is 39.0 Å². The summed E-state index contributed by atoms with van der Waals surface area (Å²) in [6.45, 7) is 6.26. The van der Waals surface area contributed by atoms with Crippen LogP contribution < -0.4 is 14.8 Å². The summed E-state index contributed by atoms with van der Waals surface area (Å²) in [7, 11) is -3.80. The molecule has 3 aromatic rings. The molecule has 0 spiro atoms. The van der Waals surface area contributed by atoms with Crippen molar-refractivity contribution in [2.45, 2.75) is 25.7 Å². The molecule has 0 fully saturated rings. The maximum absolute atomic E-state index is 12.7. The van der Waals surface area contributed by atoms with E-state index in [4.69, 9.17) is 4.74 Å². The average molecular weight is 425 g/mol. The van der Waals surface area contributed by atoms with Crippen LogP contribution in [0.2, 0.25) is 0 Å². The number of hydrogen-bond acceptors (Lipinski definition) is 4. The molecular weight excluding hydrogens is 400 g/mol. The minimum absolute atomic E-state index is 0.107. The molecule has 0 aliphatic heterocycles. The third-order valence-electron chi connectivity index (χ3n) is 4.45. The molecule has 30 heavy (non-hydrogen) atoms. The first-order valence-electron chi connectivity index (χ1n) is 9.53. The summed E-state index contributed by atoms with van der Waals surface area (Å²) in [6.07, 6.45) is 0. The van der Waals surface area contributed by atoms with E-state index < -0.39 is 10.0 Å². The number of benzene rings is 3. The van der Waals surface area contributed by atoms with E-state index in [1.54, 1.807) is 30.3 Å². The van der Waals surface area contributed by atoms with Gasteiger partial charge in [0.25, 0.3) is 15.9 Å². The quantitative estimate of drug-likeness (QED) is 0.573. The first-order chi connectivity index (χ1) is 14.3. The highest BCUT2D eigenvalue weighted by atomic mass is 32.2. The Kier molecular flexibility index (Phi) is 6.42. The molecule has 0 saturated heterocycles. The molecule has 0 atom stereocenters. The van der Waals surface area contributed by atoms with Gasteiger partial charge >= 0.3 is 0 Å². The predicted octanol–water partition coefficient (Wildman–Crippen LogP) is 4.76. The fraction of sp³-hybridized carbons (Fsp3) is 0.174. The Morgan fingerprint density at radius 2 is 1.70 bits per heavy atom. The van der Waals surface area contributed by atoms with Gasteiger partial charge in [0, 0.05) is 16.9 Å². The van der Waals surface area contributed by atoms with Gasteiger partial charge in [-0.05, 0) is 74.9 Å². The molecule has 3 rings (SSSR count). The Morgan fingerprint density at radius 3 is 2.37 bits per heavy atom. The number of aryl methyl sites for hydroxylation is 2. The van der Waals surface area contributed by atoms with Gasteiger partial charge in [-0.3, -0.25) is 9.52 Å². The summed E-state index contributed by atoms with van der Waals surface area (Å²) >= 11 is 0. The number of anilines is 2. The molecule has 0 radical (unpaired) electrons. The number of sulfonamides is 1. The number of carbonyl (C=O) groups is 1. The molecular formula is C23H24N2O4S. The minimum atomic E-state index is -3.80. The van der Waals surface area contributed by atoms with Gasteiger partial charge in [0.15, 0.2) is 0 Å². The highest BCUT2D eigenvalue weighted by Crippen LogP contribution is 2.21. The monoisotopic (exact) mass is 424 g/mol. The predicted molar refractivity (Wildman–Crippen MR) is 119 cm³/mol. The van der Waals surface area contributed by atoms with Crippen molar-refractivity contribution in [3.8, 4) is 5.75 Å². The number of rotatable bonds is 7. The summed E-state index contributed by atoms with van der Waals surface area (Å²) in [5, 5.41) is 2.86. The fourth-order valence-corrected chi connectivity index (χ4v) is 4.02. The Morgan fingerprint density at radius 1 is 0.967 bits per heavy atom. The highest BCUT2D eigenvalue weighted by Gasteiger charge is 2.16. The Labute approximate surface area is 177 Å². The van der Waals surface area contributed by atoms with Crippen molar-refractivity contribution < 1.29 is 17.9 Å². The third kappa shape index (κ3) is 5.18. The van der Waals surface area contributed by atoms with E-state index >= 15 is 0 Å². The zero-order chi connectivity index (χ0) is 21.7. The number of carbonyl (C=O) groups excluding carboxylic acids is 1. The van der Waals surface area contributed by atoms with E-state index in [2.05, 4.69) is 10.0 Å². The van der Waals surface area contributed by atoms with Gasteiger partial charge in [-0.15, -0.1) is 0 Å². The van der Waals surface area contributed by atoms with Crippen LogP contribution in [0.3, 0.4) is 0 Å². The van der Waals surface area contributed by atoms with Crippen LogP contribution in [0.5, 0.6) is 5.75 Å². The van der Waals surface area contributed by atoms with E-state index in [9.17, 15) is 13.2 Å². The molecule has 0 aliphatic carbocycles. The van der Waals surface area contributed by atoms with Crippen LogP contribution in [0.1, 0.15) is 28.4 Å². The maximum atomic E-state index is 12.7. The molecule has 3 aromatic carbocycles. The van der Waals surface area contributed by atoms with Crippen molar-refractivity contribution in [1.82, 2.24) is 0 Å². The molecule has 0 aliphatic rings. The van der Waals surface area contributed by atoms with Gasteiger partial charge in [-0.25, -0.2) is 8.42 Å². The highest BCUT2D eigenvalue weighted by molar-refractivity contribution is 7.92. The molecule has 1 amide bonds. The van der Waals surface area contributed by atoms with Crippen LogP contribution in [0, 0.1) is 13.8 Å². The third-order valence-corrected chi connectivity index (χ3v) is 5.85. The zero-order valence-corrected chi connectivity index (χ0v) is 17.9. The summed E-state index contributed by atoms with van der Waals surface area (Å²) in [5.74, 6) is 0.283. The molecule has 0 heterocycles.